The molecule has 1 aliphatic carbocycles. The molecule has 1 spiro atoms. The van der Waals surface area contributed by atoms with Crippen LogP contribution in [-0.4, -0.2) is 24.8 Å². The summed E-state index contributed by atoms with van der Waals surface area (Å²) in [6.07, 6.45) is 5.38. The Morgan fingerprint density at radius 3 is 2.35 bits per heavy atom. The second-order valence-electron chi connectivity index (χ2n) is 7.62. The van der Waals surface area contributed by atoms with Gasteiger partial charge in [0.1, 0.15) is 12.2 Å². The van der Waals surface area contributed by atoms with Crippen LogP contribution in [0.3, 0.4) is 0 Å². The predicted molar refractivity (Wildman–Crippen MR) is 122 cm³/mol. The Bertz CT molecular complexity index is 986. The highest BCUT2D eigenvalue weighted by molar-refractivity contribution is 14.1. The first kappa shape index (κ1) is 21.7. The molecule has 0 aromatic heterocycles. The Balaban J connectivity index is 1.55. The summed E-state index contributed by atoms with van der Waals surface area (Å²) in [5, 5.41) is 0. The van der Waals surface area contributed by atoms with Gasteiger partial charge in [-0.3, -0.25) is 0 Å². The van der Waals surface area contributed by atoms with Crippen LogP contribution >= 0.6 is 22.6 Å². The number of ether oxygens (including phenoxy) is 4. The summed E-state index contributed by atoms with van der Waals surface area (Å²) in [7, 11) is 1.55. The molecule has 2 aliphatic rings. The van der Waals surface area contributed by atoms with Crippen molar-refractivity contribution in [2.45, 2.75) is 44.5 Å². The van der Waals surface area contributed by atoms with Gasteiger partial charge in [0.2, 0.25) is 0 Å². The highest BCUT2D eigenvalue weighted by atomic mass is 127. The highest BCUT2D eigenvalue weighted by Crippen LogP contribution is 2.39. The minimum Gasteiger partial charge on any atom is -0.493 e. The predicted octanol–water partition coefficient (Wildman–Crippen LogP) is 5.02. The van der Waals surface area contributed by atoms with Gasteiger partial charge in [0.25, 0.3) is 5.79 Å². The number of carbonyl (C=O) groups excluding carboxylic acids is 2. The Labute approximate surface area is 194 Å². The molecule has 0 bridgehead atoms. The lowest BCUT2D eigenvalue weighted by Gasteiger charge is -2.38. The molecule has 6 nitrogen and oxygen atoms in total. The fourth-order valence-corrected chi connectivity index (χ4v) is 4.61. The quantitative estimate of drug-likeness (QED) is 0.232. The number of halogens is 1. The van der Waals surface area contributed by atoms with Gasteiger partial charge >= 0.3 is 11.9 Å². The average molecular weight is 534 g/mol. The third-order valence-corrected chi connectivity index (χ3v) is 6.20. The molecule has 0 atom stereocenters. The van der Waals surface area contributed by atoms with E-state index in [1.807, 2.05) is 36.4 Å². The number of carbonyl (C=O) groups is 2. The van der Waals surface area contributed by atoms with Crippen LogP contribution in [0.25, 0.3) is 6.08 Å². The lowest BCUT2D eigenvalue weighted by Crippen LogP contribution is -2.47. The van der Waals surface area contributed by atoms with E-state index in [4.69, 9.17) is 18.9 Å². The van der Waals surface area contributed by atoms with Gasteiger partial charge in [0.15, 0.2) is 11.5 Å². The summed E-state index contributed by atoms with van der Waals surface area (Å²) >= 11 is 2.15. The zero-order chi connectivity index (χ0) is 21.8. The van der Waals surface area contributed by atoms with Crippen molar-refractivity contribution < 1.29 is 28.5 Å². The Hall–Kier alpha value is -2.55. The van der Waals surface area contributed by atoms with Gasteiger partial charge in [0, 0.05) is 12.8 Å². The molecule has 31 heavy (non-hydrogen) atoms. The van der Waals surface area contributed by atoms with Crippen LogP contribution in [0.4, 0.5) is 0 Å². The lowest BCUT2D eigenvalue weighted by molar-refractivity contribution is -0.244. The molecule has 1 aliphatic heterocycles. The maximum atomic E-state index is 12.6. The van der Waals surface area contributed by atoms with Crippen molar-refractivity contribution in [2.24, 2.45) is 0 Å². The second kappa shape index (κ2) is 9.30. The molecule has 1 saturated heterocycles. The van der Waals surface area contributed by atoms with E-state index in [9.17, 15) is 9.59 Å². The molecule has 0 unspecified atom stereocenters. The van der Waals surface area contributed by atoms with Crippen molar-refractivity contribution in [1.82, 2.24) is 0 Å². The van der Waals surface area contributed by atoms with Gasteiger partial charge < -0.3 is 18.9 Å². The Morgan fingerprint density at radius 2 is 1.71 bits per heavy atom. The van der Waals surface area contributed by atoms with Crippen molar-refractivity contribution in [3.63, 3.8) is 0 Å². The molecule has 2 fully saturated rings. The average Bonchev–Trinajstić information content (AvgIpc) is 2.76. The molecular weight excluding hydrogens is 511 g/mol. The largest absolute Gasteiger partial charge is 0.493 e. The van der Waals surface area contributed by atoms with Crippen molar-refractivity contribution in [3.05, 3.63) is 62.7 Å². The van der Waals surface area contributed by atoms with Gasteiger partial charge in [-0.15, -0.1) is 0 Å². The Morgan fingerprint density at radius 1 is 1.03 bits per heavy atom. The van der Waals surface area contributed by atoms with Gasteiger partial charge in [-0.1, -0.05) is 36.8 Å². The van der Waals surface area contributed by atoms with E-state index in [0.29, 0.717) is 36.5 Å². The summed E-state index contributed by atoms with van der Waals surface area (Å²) in [5.74, 6) is -1.27. The molecule has 0 radical (unpaired) electrons. The first-order valence-electron chi connectivity index (χ1n) is 10.2. The molecule has 162 valence electrons. The van der Waals surface area contributed by atoms with Crippen LogP contribution in [0.5, 0.6) is 11.5 Å². The van der Waals surface area contributed by atoms with Crippen molar-refractivity contribution in [2.75, 3.05) is 7.11 Å². The zero-order valence-corrected chi connectivity index (χ0v) is 19.3. The number of hydrogen-bond donors (Lipinski definition) is 0. The van der Waals surface area contributed by atoms with E-state index in [0.717, 1.165) is 28.4 Å². The molecule has 1 saturated carbocycles. The van der Waals surface area contributed by atoms with Gasteiger partial charge in [0.05, 0.1) is 10.7 Å². The van der Waals surface area contributed by atoms with E-state index in [2.05, 4.69) is 22.6 Å². The van der Waals surface area contributed by atoms with Crippen LogP contribution in [0, 0.1) is 3.57 Å². The molecule has 7 heteroatoms. The maximum absolute atomic E-state index is 12.6. The van der Waals surface area contributed by atoms with Crippen molar-refractivity contribution in [3.8, 4) is 11.5 Å². The zero-order valence-electron chi connectivity index (χ0n) is 17.2. The first-order chi connectivity index (χ1) is 15.0. The maximum Gasteiger partial charge on any atom is 0.348 e. The van der Waals surface area contributed by atoms with Crippen molar-refractivity contribution >= 4 is 40.6 Å². The number of rotatable bonds is 5. The third kappa shape index (κ3) is 4.87. The van der Waals surface area contributed by atoms with Crippen LogP contribution < -0.4 is 9.47 Å². The summed E-state index contributed by atoms with van der Waals surface area (Å²) in [6, 6.07) is 13.4. The lowest BCUT2D eigenvalue weighted by atomic mass is 9.93. The van der Waals surface area contributed by atoms with Gasteiger partial charge in [-0.05, 0) is 64.8 Å². The summed E-state index contributed by atoms with van der Waals surface area (Å²) < 4.78 is 23.4. The standard InChI is InChI=1S/C24H23IO6/c1-28-20-14-17(13-19(25)21(20)29-15-16-8-4-2-5-9-16)12-18-22(26)30-24(31-23(18)27)10-6-3-7-11-24/h2,4-5,8-9,12-14H,3,6-7,10-11,15H2,1H3. The normalized spacial score (nSPS) is 17.7. The number of hydrogen-bond acceptors (Lipinski definition) is 6. The number of esters is 2. The summed E-state index contributed by atoms with van der Waals surface area (Å²) in [4.78, 5) is 25.2. The number of benzene rings is 2. The molecule has 1 heterocycles. The van der Waals surface area contributed by atoms with Gasteiger partial charge in [-0.2, -0.15) is 0 Å². The fraction of sp³-hybridized carbons (Fsp3) is 0.333. The monoisotopic (exact) mass is 534 g/mol. The minimum absolute atomic E-state index is 0.119. The molecule has 4 rings (SSSR count). The summed E-state index contributed by atoms with van der Waals surface area (Å²) in [6.45, 7) is 0.397. The molecular formula is C24H23IO6. The van der Waals surface area contributed by atoms with Crippen LogP contribution in [0.2, 0.25) is 0 Å². The van der Waals surface area contributed by atoms with E-state index >= 15 is 0 Å². The smallest absolute Gasteiger partial charge is 0.348 e. The van der Waals surface area contributed by atoms with Crippen LogP contribution in [-0.2, 0) is 25.7 Å². The van der Waals surface area contributed by atoms with Gasteiger partial charge in [-0.25, -0.2) is 9.59 Å². The first-order valence-corrected chi connectivity index (χ1v) is 11.3. The minimum atomic E-state index is -1.09. The fourth-order valence-electron chi connectivity index (χ4n) is 3.82. The molecule has 2 aromatic carbocycles. The topological polar surface area (TPSA) is 71.1 Å². The van der Waals surface area contributed by atoms with E-state index in [1.165, 1.54) is 6.08 Å². The summed E-state index contributed by atoms with van der Waals surface area (Å²) in [5.41, 5.74) is 1.54. The molecule has 0 N–H and O–H groups in total. The van der Waals surface area contributed by atoms with Crippen LogP contribution in [0.15, 0.2) is 48.0 Å². The van der Waals surface area contributed by atoms with Crippen molar-refractivity contribution in [1.29, 1.82) is 0 Å². The second-order valence-corrected chi connectivity index (χ2v) is 8.78. The highest BCUT2D eigenvalue weighted by Gasteiger charge is 2.46. The van der Waals surface area contributed by atoms with E-state index in [1.54, 1.807) is 13.2 Å². The Kier molecular flexibility index (Phi) is 6.50. The van der Waals surface area contributed by atoms with E-state index in [-0.39, 0.29) is 5.57 Å². The molecule has 2 aromatic rings. The van der Waals surface area contributed by atoms with Crippen LogP contribution in [0.1, 0.15) is 43.2 Å². The molecule has 0 amide bonds. The number of methoxy groups -OCH3 is 1. The van der Waals surface area contributed by atoms with E-state index < -0.39 is 17.7 Å². The third-order valence-electron chi connectivity index (χ3n) is 5.40. The SMILES string of the molecule is COc1cc(C=C2C(=O)OC3(CCCCC3)OC2=O)cc(I)c1OCc1ccccc1.